The quantitative estimate of drug-likeness (QED) is 0.874. The number of rotatable bonds is 5. The van der Waals surface area contributed by atoms with Crippen molar-refractivity contribution in [3.05, 3.63) is 58.6 Å². The molecule has 22 heavy (non-hydrogen) atoms. The summed E-state index contributed by atoms with van der Waals surface area (Å²) in [5, 5.41) is 3.53. The Morgan fingerprint density at radius 2 is 1.91 bits per heavy atom. The first kappa shape index (κ1) is 16.4. The van der Waals surface area contributed by atoms with Crippen molar-refractivity contribution < 1.29 is 9.53 Å². The summed E-state index contributed by atoms with van der Waals surface area (Å²) in [6.07, 6.45) is 0.385. The molecule has 0 bridgehead atoms. The predicted molar refractivity (Wildman–Crippen MR) is 90.7 cm³/mol. The van der Waals surface area contributed by atoms with Crippen molar-refractivity contribution in [2.45, 2.75) is 33.3 Å². The van der Waals surface area contributed by atoms with E-state index in [1.54, 1.807) is 19.1 Å². The van der Waals surface area contributed by atoms with Crippen molar-refractivity contribution in [2.75, 3.05) is 5.32 Å². The van der Waals surface area contributed by atoms with E-state index in [0.717, 1.165) is 17.7 Å². The number of hydrogen-bond acceptors (Lipinski definition) is 2. The van der Waals surface area contributed by atoms with Crippen LogP contribution in [0.1, 0.15) is 25.0 Å². The third kappa shape index (κ3) is 4.25. The van der Waals surface area contributed by atoms with Gasteiger partial charge in [-0.15, -0.1) is 0 Å². The highest BCUT2D eigenvalue weighted by molar-refractivity contribution is 6.31. The molecule has 0 saturated carbocycles. The fourth-order valence-electron chi connectivity index (χ4n) is 2.02. The summed E-state index contributed by atoms with van der Waals surface area (Å²) in [5.41, 5.74) is 2.92. The average molecular weight is 318 g/mol. The minimum atomic E-state index is -0.591. The lowest BCUT2D eigenvalue weighted by atomic mass is 10.1. The van der Waals surface area contributed by atoms with E-state index in [-0.39, 0.29) is 5.91 Å². The zero-order valence-corrected chi connectivity index (χ0v) is 13.8. The van der Waals surface area contributed by atoms with Crippen molar-refractivity contribution in [1.82, 2.24) is 0 Å². The van der Waals surface area contributed by atoms with Gasteiger partial charge in [0, 0.05) is 10.7 Å². The molecule has 0 saturated heterocycles. The molecule has 0 aliphatic carbocycles. The average Bonchev–Trinajstić information content (AvgIpc) is 2.51. The maximum absolute atomic E-state index is 12.2. The molecule has 1 atom stereocenters. The molecular weight excluding hydrogens is 298 g/mol. The molecule has 1 amide bonds. The normalized spacial score (nSPS) is 11.8. The third-order valence-corrected chi connectivity index (χ3v) is 3.87. The van der Waals surface area contributed by atoms with Crippen LogP contribution < -0.4 is 10.1 Å². The summed E-state index contributed by atoms with van der Waals surface area (Å²) < 4.78 is 5.66. The number of carbonyl (C=O) groups is 1. The smallest absolute Gasteiger partial charge is 0.265 e. The van der Waals surface area contributed by atoms with E-state index in [9.17, 15) is 4.79 Å². The second-order valence-corrected chi connectivity index (χ2v) is 5.62. The van der Waals surface area contributed by atoms with Crippen LogP contribution in [0.15, 0.2) is 42.5 Å². The van der Waals surface area contributed by atoms with Crippen LogP contribution in [0, 0.1) is 6.92 Å². The van der Waals surface area contributed by atoms with Crippen LogP contribution in [0.3, 0.4) is 0 Å². The minimum Gasteiger partial charge on any atom is -0.481 e. The molecule has 116 valence electrons. The van der Waals surface area contributed by atoms with Gasteiger partial charge in [-0.1, -0.05) is 30.7 Å². The van der Waals surface area contributed by atoms with Crippen LogP contribution in [0.2, 0.25) is 5.02 Å². The van der Waals surface area contributed by atoms with Gasteiger partial charge in [0.2, 0.25) is 0 Å². The molecule has 2 rings (SSSR count). The molecule has 0 aliphatic rings. The lowest BCUT2D eigenvalue weighted by Crippen LogP contribution is -2.30. The lowest BCUT2D eigenvalue weighted by Gasteiger charge is -2.15. The standard InChI is InChI=1S/C18H20ClNO2/c1-4-14-5-7-15(8-6-14)20-18(21)13(3)22-16-9-10-17(19)12(2)11-16/h5-11,13H,4H2,1-3H3,(H,20,21)/t13-/m1/s1. The van der Waals surface area contributed by atoms with Crippen LogP contribution in [-0.2, 0) is 11.2 Å². The molecule has 0 fully saturated rings. The van der Waals surface area contributed by atoms with Gasteiger partial charge >= 0.3 is 0 Å². The maximum atomic E-state index is 12.2. The van der Waals surface area contributed by atoms with Crippen molar-refractivity contribution >= 4 is 23.2 Å². The molecule has 2 aromatic carbocycles. The minimum absolute atomic E-state index is 0.183. The summed E-state index contributed by atoms with van der Waals surface area (Å²) in [5.74, 6) is 0.447. The fourth-order valence-corrected chi connectivity index (χ4v) is 2.13. The number of aryl methyl sites for hydroxylation is 2. The van der Waals surface area contributed by atoms with Crippen LogP contribution in [-0.4, -0.2) is 12.0 Å². The molecule has 0 radical (unpaired) electrons. The van der Waals surface area contributed by atoms with Gasteiger partial charge in [0.1, 0.15) is 5.75 Å². The number of benzene rings is 2. The Labute approximate surface area is 136 Å². The molecule has 0 aliphatic heterocycles. The first-order chi connectivity index (χ1) is 10.5. The molecule has 0 unspecified atom stereocenters. The van der Waals surface area contributed by atoms with Gasteiger partial charge in [0.05, 0.1) is 0 Å². The van der Waals surface area contributed by atoms with Gasteiger partial charge < -0.3 is 10.1 Å². The van der Waals surface area contributed by atoms with Crippen molar-refractivity contribution in [3.8, 4) is 5.75 Å². The third-order valence-electron chi connectivity index (χ3n) is 3.44. The highest BCUT2D eigenvalue weighted by Crippen LogP contribution is 2.22. The van der Waals surface area contributed by atoms with Crippen LogP contribution in [0.4, 0.5) is 5.69 Å². The topological polar surface area (TPSA) is 38.3 Å². The number of hydrogen-bond donors (Lipinski definition) is 1. The van der Waals surface area contributed by atoms with E-state index in [4.69, 9.17) is 16.3 Å². The molecule has 2 aromatic rings. The number of anilines is 1. The van der Waals surface area contributed by atoms with Crippen LogP contribution in [0.25, 0.3) is 0 Å². The van der Waals surface area contributed by atoms with E-state index in [0.29, 0.717) is 10.8 Å². The number of nitrogens with one attached hydrogen (secondary N) is 1. The SMILES string of the molecule is CCc1ccc(NC(=O)[C@@H](C)Oc2ccc(Cl)c(C)c2)cc1. The summed E-state index contributed by atoms with van der Waals surface area (Å²) in [7, 11) is 0. The van der Waals surface area contributed by atoms with Gasteiger partial charge in [-0.3, -0.25) is 4.79 Å². The van der Waals surface area contributed by atoms with Crippen molar-refractivity contribution in [2.24, 2.45) is 0 Å². The number of halogens is 1. The second-order valence-electron chi connectivity index (χ2n) is 5.21. The fraction of sp³-hybridized carbons (Fsp3) is 0.278. The van der Waals surface area contributed by atoms with E-state index in [1.807, 2.05) is 37.3 Å². The van der Waals surface area contributed by atoms with Gasteiger partial charge in [-0.05, 0) is 61.7 Å². The summed E-state index contributed by atoms with van der Waals surface area (Å²) in [6.45, 7) is 5.71. The van der Waals surface area contributed by atoms with Crippen molar-refractivity contribution in [3.63, 3.8) is 0 Å². The van der Waals surface area contributed by atoms with Crippen LogP contribution >= 0.6 is 11.6 Å². The Kier molecular flexibility index (Phi) is 5.45. The number of carbonyl (C=O) groups excluding carboxylic acids is 1. The molecule has 0 heterocycles. The highest BCUT2D eigenvalue weighted by Gasteiger charge is 2.15. The van der Waals surface area contributed by atoms with E-state index in [2.05, 4.69) is 12.2 Å². The van der Waals surface area contributed by atoms with Crippen LogP contribution in [0.5, 0.6) is 5.75 Å². The number of amides is 1. The Morgan fingerprint density at radius 1 is 1.23 bits per heavy atom. The van der Waals surface area contributed by atoms with Crippen molar-refractivity contribution in [1.29, 1.82) is 0 Å². The molecular formula is C18H20ClNO2. The molecule has 4 heteroatoms. The monoisotopic (exact) mass is 317 g/mol. The maximum Gasteiger partial charge on any atom is 0.265 e. The Morgan fingerprint density at radius 3 is 2.50 bits per heavy atom. The van der Waals surface area contributed by atoms with Gasteiger partial charge in [0.15, 0.2) is 6.10 Å². The van der Waals surface area contributed by atoms with E-state index >= 15 is 0 Å². The van der Waals surface area contributed by atoms with Gasteiger partial charge in [-0.25, -0.2) is 0 Å². The zero-order chi connectivity index (χ0) is 16.1. The molecule has 0 aromatic heterocycles. The largest absolute Gasteiger partial charge is 0.481 e. The Balaban J connectivity index is 1.97. The molecule has 0 spiro atoms. The van der Waals surface area contributed by atoms with Gasteiger partial charge in [-0.2, -0.15) is 0 Å². The highest BCUT2D eigenvalue weighted by atomic mass is 35.5. The van der Waals surface area contributed by atoms with E-state index < -0.39 is 6.10 Å². The summed E-state index contributed by atoms with van der Waals surface area (Å²) in [4.78, 5) is 12.2. The Hall–Kier alpha value is -2.00. The Bertz CT molecular complexity index is 653. The molecule has 3 nitrogen and oxygen atoms in total. The first-order valence-corrected chi connectivity index (χ1v) is 7.70. The van der Waals surface area contributed by atoms with Gasteiger partial charge in [0.25, 0.3) is 5.91 Å². The predicted octanol–water partition coefficient (Wildman–Crippen LogP) is 4.62. The zero-order valence-electron chi connectivity index (χ0n) is 13.0. The summed E-state index contributed by atoms with van der Waals surface area (Å²) >= 11 is 5.98. The van der Waals surface area contributed by atoms with E-state index in [1.165, 1.54) is 5.56 Å². The lowest BCUT2D eigenvalue weighted by molar-refractivity contribution is -0.122. The number of ether oxygens (including phenoxy) is 1. The second kappa shape index (κ2) is 7.32. The molecule has 1 N–H and O–H groups in total. The first-order valence-electron chi connectivity index (χ1n) is 7.32. The summed E-state index contributed by atoms with van der Waals surface area (Å²) in [6, 6.07) is 13.1.